The molecule has 1 amide bonds. The van der Waals surface area contributed by atoms with Crippen LogP contribution in [0.25, 0.3) is 12.2 Å². The van der Waals surface area contributed by atoms with Gasteiger partial charge in [-0.1, -0.05) is 55.0 Å². The molecule has 116 valence electrons. The van der Waals surface area contributed by atoms with E-state index >= 15 is 0 Å². The van der Waals surface area contributed by atoms with Gasteiger partial charge in [-0.15, -0.1) is 10.2 Å². The van der Waals surface area contributed by atoms with Crippen LogP contribution < -0.4 is 5.32 Å². The molecular formula is C16H18ClN3OS. The lowest BCUT2D eigenvalue weighted by Gasteiger charge is -2.09. The molecule has 22 heavy (non-hydrogen) atoms. The Morgan fingerprint density at radius 2 is 1.91 bits per heavy atom. The molecule has 1 heterocycles. The SMILES string of the molecule is CCC(CC)C(=O)Nc1nnc(C=Cc2ccc(Cl)cc2)s1. The van der Waals surface area contributed by atoms with Crippen LogP contribution in [0.2, 0.25) is 5.02 Å². The first kappa shape index (κ1) is 16.6. The minimum Gasteiger partial charge on any atom is -0.300 e. The standard InChI is InChI=1S/C16H18ClN3OS/c1-3-12(4-2)15(21)18-16-20-19-14(22-16)10-7-11-5-8-13(17)9-6-11/h5-10,12H,3-4H2,1-2H3,(H,18,20,21). The smallest absolute Gasteiger partial charge is 0.229 e. The van der Waals surface area contributed by atoms with E-state index in [4.69, 9.17) is 11.6 Å². The number of carbonyl (C=O) groups excluding carboxylic acids is 1. The van der Waals surface area contributed by atoms with Crippen LogP contribution in [0.15, 0.2) is 24.3 Å². The van der Waals surface area contributed by atoms with Crippen molar-refractivity contribution in [1.29, 1.82) is 0 Å². The molecule has 1 aromatic carbocycles. The fourth-order valence-corrected chi connectivity index (χ4v) is 2.74. The summed E-state index contributed by atoms with van der Waals surface area (Å²) in [6.45, 7) is 4.02. The summed E-state index contributed by atoms with van der Waals surface area (Å²) in [5, 5.41) is 12.9. The predicted molar refractivity (Wildman–Crippen MR) is 93.0 cm³/mol. The molecule has 2 rings (SSSR count). The van der Waals surface area contributed by atoms with Crippen molar-refractivity contribution in [1.82, 2.24) is 10.2 Å². The van der Waals surface area contributed by atoms with Gasteiger partial charge in [0.15, 0.2) is 0 Å². The van der Waals surface area contributed by atoms with E-state index in [-0.39, 0.29) is 11.8 Å². The molecule has 2 aromatic rings. The van der Waals surface area contributed by atoms with E-state index in [0.29, 0.717) is 10.2 Å². The topological polar surface area (TPSA) is 54.9 Å². The molecular weight excluding hydrogens is 318 g/mol. The van der Waals surface area contributed by atoms with Crippen molar-refractivity contribution in [3.8, 4) is 0 Å². The summed E-state index contributed by atoms with van der Waals surface area (Å²) in [5.41, 5.74) is 1.03. The van der Waals surface area contributed by atoms with E-state index in [2.05, 4.69) is 15.5 Å². The van der Waals surface area contributed by atoms with Crippen molar-refractivity contribution in [3.63, 3.8) is 0 Å². The molecule has 1 aromatic heterocycles. The van der Waals surface area contributed by atoms with E-state index in [1.54, 1.807) is 0 Å². The van der Waals surface area contributed by atoms with Crippen LogP contribution >= 0.6 is 22.9 Å². The maximum atomic E-state index is 12.0. The van der Waals surface area contributed by atoms with Gasteiger partial charge in [-0.25, -0.2) is 0 Å². The molecule has 0 spiro atoms. The zero-order chi connectivity index (χ0) is 15.9. The summed E-state index contributed by atoms with van der Waals surface area (Å²) < 4.78 is 0. The first-order valence-electron chi connectivity index (χ1n) is 7.20. The second-order valence-electron chi connectivity index (χ2n) is 4.83. The van der Waals surface area contributed by atoms with E-state index in [9.17, 15) is 4.79 Å². The number of rotatable bonds is 6. The molecule has 0 radical (unpaired) electrons. The molecule has 6 heteroatoms. The van der Waals surface area contributed by atoms with Crippen molar-refractivity contribution in [3.05, 3.63) is 39.9 Å². The zero-order valence-electron chi connectivity index (χ0n) is 12.5. The van der Waals surface area contributed by atoms with Gasteiger partial charge in [0.2, 0.25) is 11.0 Å². The first-order chi connectivity index (χ1) is 10.6. The number of hydrogen-bond acceptors (Lipinski definition) is 4. The van der Waals surface area contributed by atoms with Gasteiger partial charge in [0.05, 0.1) is 0 Å². The van der Waals surface area contributed by atoms with E-state index < -0.39 is 0 Å². The maximum absolute atomic E-state index is 12.0. The second-order valence-corrected chi connectivity index (χ2v) is 6.28. The highest BCUT2D eigenvalue weighted by atomic mass is 35.5. The summed E-state index contributed by atoms with van der Waals surface area (Å²) in [6.07, 6.45) is 5.45. The molecule has 0 atom stereocenters. The Balaban J connectivity index is 1.99. The van der Waals surface area contributed by atoms with Crippen LogP contribution in [-0.2, 0) is 4.79 Å². The van der Waals surface area contributed by atoms with Crippen LogP contribution in [-0.4, -0.2) is 16.1 Å². The van der Waals surface area contributed by atoms with E-state index in [1.165, 1.54) is 11.3 Å². The lowest BCUT2D eigenvalue weighted by atomic mass is 10.0. The molecule has 0 fully saturated rings. The summed E-state index contributed by atoms with van der Waals surface area (Å²) in [6, 6.07) is 7.52. The van der Waals surface area contributed by atoms with Crippen LogP contribution in [0.3, 0.4) is 0 Å². The summed E-state index contributed by atoms with van der Waals surface area (Å²) in [5.74, 6) is 0.0336. The lowest BCUT2D eigenvalue weighted by Crippen LogP contribution is -2.21. The summed E-state index contributed by atoms with van der Waals surface area (Å²) >= 11 is 7.20. The van der Waals surface area contributed by atoms with Gasteiger partial charge in [0.25, 0.3) is 0 Å². The van der Waals surface area contributed by atoms with Gasteiger partial charge in [-0.05, 0) is 36.6 Å². The van der Waals surface area contributed by atoms with Gasteiger partial charge in [-0.2, -0.15) is 0 Å². The molecule has 0 aliphatic rings. The molecule has 0 unspecified atom stereocenters. The molecule has 0 saturated heterocycles. The van der Waals surface area contributed by atoms with Gasteiger partial charge in [0, 0.05) is 10.9 Å². The van der Waals surface area contributed by atoms with Crippen LogP contribution in [0.1, 0.15) is 37.3 Å². The number of halogens is 1. The highest BCUT2D eigenvalue weighted by Gasteiger charge is 2.15. The van der Waals surface area contributed by atoms with Crippen molar-refractivity contribution in [2.45, 2.75) is 26.7 Å². The van der Waals surface area contributed by atoms with Crippen LogP contribution in [0.5, 0.6) is 0 Å². The summed E-state index contributed by atoms with van der Waals surface area (Å²) in [7, 11) is 0. The molecule has 0 bridgehead atoms. The molecule has 1 N–H and O–H groups in total. The Bertz CT molecular complexity index is 648. The average molecular weight is 336 g/mol. The predicted octanol–water partition coefficient (Wildman–Crippen LogP) is 4.74. The van der Waals surface area contributed by atoms with Crippen molar-refractivity contribution >= 4 is 46.1 Å². The highest BCUT2D eigenvalue weighted by Crippen LogP contribution is 2.20. The third-order valence-electron chi connectivity index (χ3n) is 3.32. The number of nitrogens with zero attached hydrogens (tertiary/aromatic N) is 2. The Morgan fingerprint density at radius 1 is 1.23 bits per heavy atom. The maximum Gasteiger partial charge on any atom is 0.229 e. The number of amides is 1. The van der Waals surface area contributed by atoms with E-state index in [0.717, 1.165) is 23.4 Å². The van der Waals surface area contributed by atoms with Crippen LogP contribution in [0.4, 0.5) is 5.13 Å². The zero-order valence-corrected chi connectivity index (χ0v) is 14.1. The van der Waals surface area contributed by atoms with Gasteiger partial charge in [0.1, 0.15) is 5.01 Å². The largest absolute Gasteiger partial charge is 0.300 e. The fourth-order valence-electron chi connectivity index (χ4n) is 1.96. The first-order valence-corrected chi connectivity index (χ1v) is 8.39. The number of aromatic nitrogens is 2. The molecule has 0 saturated carbocycles. The van der Waals surface area contributed by atoms with Gasteiger partial charge in [-0.3, -0.25) is 4.79 Å². The highest BCUT2D eigenvalue weighted by molar-refractivity contribution is 7.16. The van der Waals surface area contributed by atoms with Crippen molar-refractivity contribution in [2.75, 3.05) is 5.32 Å². The quantitative estimate of drug-likeness (QED) is 0.829. The number of anilines is 1. The van der Waals surface area contributed by atoms with Gasteiger partial charge >= 0.3 is 0 Å². The van der Waals surface area contributed by atoms with Crippen molar-refractivity contribution < 1.29 is 4.79 Å². The lowest BCUT2D eigenvalue weighted by molar-refractivity contribution is -0.120. The third-order valence-corrected chi connectivity index (χ3v) is 4.37. The average Bonchev–Trinajstić information content (AvgIpc) is 2.95. The second kappa shape index (κ2) is 8.06. The third kappa shape index (κ3) is 4.64. The Kier molecular flexibility index (Phi) is 6.10. The Hall–Kier alpha value is -1.72. The number of benzene rings is 1. The minimum atomic E-state index is 0.00869. The summed E-state index contributed by atoms with van der Waals surface area (Å²) in [4.78, 5) is 12.0. The molecule has 0 aliphatic carbocycles. The number of carbonyl (C=O) groups is 1. The fraction of sp³-hybridized carbons (Fsp3) is 0.312. The van der Waals surface area contributed by atoms with Crippen molar-refractivity contribution in [2.24, 2.45) is 5.92 Å². The van der Waals surface area contributed by atoms with Gasteiger partial charge < -0.3 is 5.32 Å². The molecule has 4 nitrogen and oxygen atoms in total. The monoisotopic (exact) mass is 335 g/mol. The number of hydrogen-bond donors (Lipinski definition) is 1. The molecule has 0 aliphatic heterocycles. The minimum absolute atomic E-state index is 0.00869. The number of nitrogens with one attached hydrogen (secondary N) is 1. The Morgan fingerprint density at radius 3 is 2.55 bits per heavy atom. The van der Waals surface area contributed by atoms with E-state index in [1.807, 2.05) is 50.3 Å². The Labute approximate surface area is 139 Å². The van der Waals surface area contributed by atoms with Crippen LogP contribution in [0, 0.1) is 5.92 Å². The normalized spacial score (nSPS) is 11.3.